The SMILES string of the molecule is CCOc1cc(C(=O)N2CCCC(c3ccccc3)CC2)cc(OCC)c1OCC. The van der Waals surface area contributed by atoms with E-state index in [9.17, 15) is 4.79 Å². The fraction of sp³-hybridized carbons (Fsp3) is 0.480. The third-order valence-corrected chi connectivity index (χ3v) is 5.44. The van der Waals surface area contributed by atoms with Gasteiger partial charge in [0, 0.05) is 18.7 Å². The Morgan fingerprint density at radius 2 is 1.53 bits per heavy atom. The van der Waals surface area contributed by atoms with Crippen LogP contribution in [0.2, 0.25) is 0 Å². The van der Waals surface area contributed by atoms with Crippen molar-refractivity contribution in [1.82, 2.24) is 4.90 Å². The molecule has 1 fully saturated rings. The summed E-state index contributed by atoms with van der Waals surface area (Å²) in [4.78, 5) is 15.3. The van der Waals surface area contributed by atoms with Crippen molar-refractivity contribution in [2.24, 2.45) is 0 Å². The van der Waals surface area contributed by atoms with Gasteiger partial charge < -0.3 is 19.1 Å². The minimum Gasteiger partial charge on any atom is -0.490 e. The first-order valence-corrected chi connectivity index (χ1v) is 11.1. The number of carbonyl (C=O) groups excluding carboxylic acids is 1. The van der Waals surface area contributed by atoms with Crippen LogP contribution < -0.4 is 14.2 Å². The van der Waals surface area contributed by atoms with E-state index in [1.54, 1.807) is 12.1 Å². The van der Waals surface area contributed by atoms with E-state index >= 15 is 0 Å². The molecule has 1 aliphatic heterocycles. The molecule has 3 rings (SSSR count). The number of likely N-dealkylation sites (tertiary alicyclic amines) is 1. The Labute approximate surface area is 179 Å². The van der Waals surface area contributed by atoms with E-state index in [1.807, 2.05) is 31.7 Å². The minimum absolute atomic E-state index is 0.0219. The molecule has 0 aliphatic carbocycles. The number of nitrogens with zero attached hydrogens (tertiary/aromatic N) is 1. The summed E-state index contributed by atoms with van der Waals surface area (Å²) in [5, 5.41) is 0. The summed E-state index contributed by atoms with van der Waals surface area (Å²) in [6.45, 7) is 8.76. The monoisotopic (exact) mass is 411 g/mol. The van der Waals surface area contributed by atoms with Gasteiger partial charge in [-0.1, -0.05) is 30.3 Å². The molecule has 1 aliphatic rings. The summed E-state index contributed by atoms with van der Waals surface area (Å²) in [6.07, 6.45) is 3.08. The molecule has 1 amide bonds. The van der Waals surface area contributed by atoms with Crippen molar-refractivity contribution in [3.05, 3.63) is 53.6 Å². The molecule has 162 valence electrons. The number of carbonyl (C=O) groups is 1. The standard InChI is InChI=1S/C25H33NO4/c1-4-28-22-17-21(18-23(29-5-2)24(22)30-6-3)25(27)26-15-10-13-20(14-16-26)19-11-8-7-9-12-19/h7-9,11-12,17-18,20H,4-6,10,13-16H2,1-3H3. The number of hydrogen-bond acceptors (Lipinski definition) is 4. The van der Waals surface area contributed by atoms with E-state index in [2.05, 4.69) is 24.3 Å². The van der Waals surface area contributed by atoms with Crippen molar-refractivity contribution in [2.75, 3.05) is 32.9 Å². The molecule has 0 N–H and O–H groups in total. The van der Waals surface area contributed by atoms with Gasteiger partial charge in [0.15, 0.2) is 11.5 Å². The number of rotatable bonds is 8. The smallest absolute Gasteiger partial charge is 0.254 e. The number of ether oxygens (including phenoxy) is 3. The maximum Gasteiger partial charge on any atom is 0.254 e. The van der Waals surface area contributed by atoms with E-state index < -0.39 is 0 Å². The average molecular weight is 412 g/mol. The van der Waals surface area contributed by atoms with Gasteiger partial charge in [0.05, 0.1) is 19.8 Å². The first-order chi connectivity index (χ1) is 14.7. The highest BCUT2D eigenvalue weighted by Gasteiger charge is 2.25. The third kappa shape index (κ3) is 5.26. The Kier molecular flexibility index (Phi) is 8.00. The molecule has 0 radical (unpaired) electrons. The highest BCUT2D eigenvalue weighted by Crippen LogP contribution is 2.39. The largest absolute Gasteiger partial charge is 0.490 e. The predicted octanol–water partition coefficient (Wildman–Crippen LogP) is 5.29. The summed E-state index contributed by atoms with van der Waals surface area (Å²) < 4.78 is 17.3. The topological polar surface area (TPSA) is 48.0 Å². The van der Waals surface area contributed by atoms with Gasteiger partial charge in [0.1, 0.15) is 0 Å². The molecule has 2 aromatic carbocycles. The molecule has 0 bridgehead atoms. The Morgan fingerprint density at radius 1 is 0.900 bits per heavy atom. The zero-order chi connectivity index (χ0) is 21.3. The fourth-order valence-corrected chi connectivity index (χ4v) is 4.05. The van der Waals surface area contributed by atoms with Crippen LogP contribution in [0.15, 0.2) is 42.5 Å². The van der Waals surface area contributed by atoms with Crippen molar-refractivity contribution in [3.63, 3.8) is 0 Å². The normalized spacial score (nSPS) is 16.6. The third-order valence-electron chi connectivity index (χ3n) is 5.44. The molecule has 0 aromatic heterocycles. The van der Waals surface area contributed by atoms with Crippen molar-refractivity contribution >= 4 is 5.91 Å². The second-order valence-corrected chi connectivity index (χ2v) is 7.43. The van der Waals surface area contributed by atoms with Crippen LogP contribution in [-0.2, 0) is 0 Å². The number of benzene rings is 2. The molecule has 0 saturated carbocycles. The van der Waals surface area contributed by atoms with Gasteiger partial charge in [-0.15, -0.1) is 0 Å². The van der Waals surface area contributed by atoms with E-state index in [0.29, 0.717) is 48.6 Å². The van der Waals surface area contributed by atoms with E-state index in [-0.39, 0.29) is 5.91 Å². The lowest BCUT2D eigenvalue weighted by Crippen LogP contribution is -2.32. The predicted molar refractivity (Wildman–Crippen MR) is 119 cm³/mol. The van der Waals surface area contributed by atoms with Crippen LogP contribution in [0.1, 0.15) is 61.9 Å². The first-order valence-electron chi connectivity index (χ1n) is 11.1. The highest BCUT2D eigenvalue weighted by atomic mass is 16.5. The van der Waals surface area contributed by atoms with Crippen LogP contribution in [0.25, 0.3) is 0 Å². The van der Waals surface area contributed by atoms with Crippen molar-refractivity contribution in [2.45, 2.75) is 46.0 Å². The van der Waals surface area contributed by atoms with Crippen LogP contribution in [-0.4, -0.2) is 43.7 Å². The Morgan fingerprint density at radius 3 is 2.13 bits per heavy atom. The second-order valence-electron chi connectivity index (χ2n) is 7.43. The maximum atomic E-state index is 13.4. The van der Waals surface area contributed by atoms with Crippen LogP contribution in [0.3, 0.4) is 0 Å². The molecule has 1 saturated heterocycles. The summed E-state index contributed by atoms with van der Waals surface area (Å²) in [5.74, 6) is 2.21. The van der Waals surface area contributed by atoms with Crippen molar-refractivity contribution in [3.8, 4) is 17.2 Å². The van der Waals surface area contributed by atoms with Crippen LogP contribution in [0.5, 0.6) is 17.2 Å². The quantitative estimate of drug-likeness (QED) is 0.592. The summed E-state index contributed by atoms with van der Waals surface area (Å²) in [7, 11) is 0. The van der Waals surface area contributed by atoms with E-state index in [4.69, 9.17) is 14.2 Å². The zero-order valence-corrected chi connectivity index (χ0v) is 18.4. The molecule has 2 aromatic rings. The molecule has 0 spiro atoms. The molecule has 1 unspecified atom stereocenters. The minimum atomic E-state index is 0.0219. The van der Waals surface area contributed by atoms with Gasteiger partial charge in [0.2, 0.25) is 5.75 Å². The number of hydrogen-bond donors (Lipinski definition) is 0. The van der Waals surface area contributed by atoms with Crippen LogP contribution in [0, 0.1) is 0 Å². The molecule has 1 atom stereocenters. The molecule has 5 heteroatoms. The van der Waals surface area contributed by atoms with Gasteiger partial charge in [-0.2, -0.15) is 0 Å². The van der Waals surface area contributed by atoms with Gasteiger partial charge >= 0.3 is 0 Å². The summed E-state index contributed by atoms with van der Waals surface area (Å²) >= 11 is 0. The molecular formula is C25H33NO4. The van der Waals surface area contributed by atoms with Gasteiger partial charge in [-0.3, -0.25) is 4.79 Å². The fourth-order valence-electron chi connectivity index (χ4n) is 4.05. The lowest BCUT2D eigenvalue weighted by atomic mass is 9.92. The molecule has 5 nitrogen and oxygen atoms in total. The highest BCUT2D eigenvalue weighted by molar-refractivity contribution is 5.95. The lowest BCUT2D eigenvalue weighted by molar-refractivity contribution is 0.0760. The van der Waals surface area contributed by atoms with Crippen molar-refractivity contribution in [1.29, 1.82) is 0 Å². The summed E-state index contributed by atoms with van der Waals surface area (Å²) in [5.41, 5.74) is 1.95. The molecular weight excluding hydrogens is 378 g/mol. The average Bonchev–Trinajstić information content (AvgIpc) is 3.02. The molecule has 30 heavy (non-hydrogen) atoms. The lowest BCUT2D eigenvalue weighted by Gasteiger charge is -2.23. The van der Waals surface area contributed by atoms with Gasteiger partial charge in [-0.05, 0) is 63.6 Å². The van der Waals surface area contributed by atoms with Crippen LogP contribution >= 0.6 is 0 Å². The molecule has 1 heterocycles. The van der Waals surface area contributed by atoms with Gasteiger partial charge in [0.25, 0.3) is 5.91 Å². The van der Waals surface area contributed by atoms with E-state index in [1.165, 1.54) is 5.56 Å². The van der Waals surface area contributed by atoms with Crippen molar-refractivity contribution < 1.29 is 19.0 Å². The Bertz CT molecular complexity index is 794. The maximum absolute atomic E-state index is 13.4. The first kappa shape index (κ1) is 22.0. The van der Waals surface area contributed by atoms with Crippen LogP contribution in [0.4, 0.5) is 0 Å². The second kappa shape index (κ2) is 10.9. The Balaban J connectivity index is 1.81. The zero-order valence-electron chi connectivity index (χ0n) is 18.4. The van der Waals surface area contributed by atoms with Gasteiger partial charge in [-0.25, -0.2) is 0 Å². The Hall–Kier alpha value is -2.69. The number of amides is 1. The van der Waals surface area contributed by atoms with E-state index in [0.717, 1.165) is 32.4 Å². The summed E-state index contributed by atoms with van der Waals surface area (Å²) in [6, 6.07) is 14.2.